The van der Waals surface area contributed by atoms with E-state index in [9.17, 15) is 18.0 Å². The van der Waals surface area contributed by atoms with E-state index in [-0.39, 0.29) is 12.1 Å². The van der Waals surface area contributed by atoms with Crippen molar-refractivity contribution in [2.45, 2.75) is 26.6 Å². The molecular formula is C20H15F3N2OS. The van der Waals surface area contributed by atoms with Crippen LogP contribution in [-0.2, 0) is 12.7 Å². The third kappa shape index (κ3) is 3.81. The number of aryl methyl sites for hydroxylation is 2. The zero-order chi connectivity index (χ0) is 19.8. The fourth-order valence-corrected chi connectivity index (χ4v) is 3.74. The number of alkyl halides is 3. The Bertz CT molecular complexity index is 1150. The molecule has 0 saturated heterocycles. The van der Waals surface area contributed by atoms with E-state index in [1.807, 2.05) is 26.0 Å². The van der Waals surface area contributed by atoms with Gasteiger partial charge in [-0.25, -0.2) is 0 Å². The van der Waals surface area contributed by atoms with Gasteiger partial charge in [0.25, 0.3) is 5.91 Å². The van der Waals surface area contributed by atoms with Crippen LogP contribution in [0.25, 0.3) is 10.2 Å². The number of amides is 1. The minimum atomic E-state index is -4.52. The van der Waals surface area contributed by atoms with E-state index in [2.05, 4.69) is 10.9 Å². The van der Waals surface area contributed by atoms with Crippen molar-refractivity contribution in [1.29, 1.82) is 0 Å². The Morgan fingerprint density at radius 3 is 2.59 bits per heavy atom. The predicted molar refractivity (Wildman–Crippen MR) is 99.5 cm³/mol. The second kappa shape index (κ2) is 7.05. The molecule has 0 saturated carbocycles. The first-order valence-electron chi connectivity index (χ1n) is 8.01. The van der Waals surface area contributed by atoms with E-state index >= 15 is 0 Å². The Morgan fingerprint density at radius 2 is 1.93 bits per heavy atom. The Labute approximate surface area is 157 Å². The van der Waals surface area contributed by atoms with Crippen LogP contribution in [0.2, 0.25) is 0 Å². The van der Waals surface area contributed by atoms with Gasteiger partial charge in [-0.2, -0.15) is 18.2 Å². The number of hydrogen-bond acceptors (Lipinski definition) is 2. The van der Waals surface area contributed by atoms with E-state index in [1.54, 1.807) is 4.57 Å². The molecule has 3 rings (SSSR count). The van der Waals surface area contributed by atoms with Gasteiger partial charge in [-0.05, 0) is 55.3 Å². The number of carbonyl (C=O) groups excluding carboxylic acids is 1. The molecule has 138 valence electrons. The Balaban J connectivity index is 2.14. The van der Waals surface area contributed by atoms with Crippen LogP contribution in [0.5, 0.6) is 0 Å². The quantitative estimate of drug-likeness (QED) is 0.586. The van der Waals surface area contributed by atoms with Gasteiger partial charge in [-0.15, -0.1) is 6.42 Å². The molecule has 0 unspecified atom stereocenters. The highest BCUT2D eigenvalue weighted by atomic mass is 32.1. The van der Waals surface area contributed by atoms with E-state index in [4.69, 9.17) is 6.42 Å². The highest BCUT2D eigenvalue weighted by Gasteiger charge is 2.30. The van der Waals surface area contributed by atoms with Crippen molar-refractivity contribution >= 4 is 27.5 Å². The zero-order valence-electron chi connectivity index (χ0n) is 14.6. The summed E-state index contributed by atoms with van der Waals surface area (Å²) in [7, 11) is 0. The first-order chi connectivity index (χ1) is 12.7. The SMILES string of the molecule is C#CCn1c(=NC(=O)c2cccc(C(F)(F)F)c2)sc2cc(C)c(C)cc21. The van der Waals surface area contributed by atoms with Crippen LogP contribution >= 0.6 is 11.3 Å². The molecule has 0 aliphatic rings. The number of rotatable bonds is 2. The number of carbonyl (C=O) groups is 1. The molecule has 3 nitrogen and oxygen atoms in total. The zero-order valence-corrected chi connectivity index (χ0v) is 15.4. The normalized spacial score (nSPS) is 12.4. The van der Waals surface area contributed by atoms with Crippen LogP contribution in [0.15, 0.2) is 41.4 Å². The number of terminal acetylenes is 1. The average molecular weight is 388 g/mol. The van der Waals surface area contributed by atoms with Crippen molar-refractivity contribution in [2.75, 3.05) is 0 Å². The number of fused-ring (bicyclic) bond motifs is 1. The number of benzene rings is 2. The molecule has 0 aliphatic heterocycles. The molecule has 0 radical (unpaired) electrons. The van der Waals surface area contributed by atoms with Gasteiger partial charge in [0, 0.05) is 5.56 Å². The maximum atomic E-state index is 12.9. The minimum Gasteiger partial charge on any atom is -0.305 e. The number of aromatic nitrogens is 1. The monoisotopic (exact) mass is 388 g/mol. The van der Waals surface area contributed by atoms with E-state index < -0.39 is 17.6 Å². The second-order valence-corrected chi connectivity index (χ2v) is 7.08. The Hall–Kier alpha value is -2.85. The van der Waals surface area contributed by atoms with Gasteiger partial charge in [-0.1, -0.05) is 23.3 Å². The third-order valence-corrected chi connectivity index (χ3v) is 5.22. The second-order valence-electron chi connectivity index (χ2n) is 6.07. The molecule has 0 aliphatic carbocycles. The lowest BCUT2D eigenvalue weighted by atomic mass is 10.1. The fourth-order valence-electron chi connectivity index (χ4n) is 2.63. The van der Waals surface area contributed by atoms with Gasteiger partial charge in [0.15, 0.2) is 4.80 Å². The molecule has 0 N–H and O–H groups in total. The molecular weight excluding hydrogens is 373 g/mol. The number of hydrogen-bond donors (Lipinski definition) is 0. The molecule has 7 heteroatoms. The predicted octanol–water partition coefficient (Wildman–Crippen LogP) is 4.71. The van der Waals surface area contributed by atoms with Gasteiger partial charge in [0.05, 0.1) is 22.3 Å². The summed E-state index contributed by atoms with van der Waals surface area (Å²) in [4.78, 5) is 16.9. The fraction of sp³-hybridized carbons (Fsp3) is 0.200. The van der Waals surface area contributed by atoms with Crippen LogP contribution in [0.1, 0.15) is 27.0 Å². The smallest absolute Gasteiger partial charge is 0.305 e. The average Bonchev–Trinajstić information content (AvgIpc) is 2.91. The Morgan fingerprint density at radius 1 is 1.22 bits per heavy atom. The molecule has 1 amide bonds. The van der Waals surface area contributed by atoms with Crippen LogP contribution in [0, 0.1) is 26.2 Å². The first-order valence-corrected chi connectivity index (χ1v) is 8.82. The van der Waals surface area contributed by atoms with Crippen molar-refractivity contribution in [2.24, 2.45) is 4.99 Å². The van der Waals surface area contributed by atoms with Crippen molar-refractivity contribution in [3.8, 4) is 12.3 Å². The molecule has 2 aromatic carbocycles. The van der Waals surface area contributed by atoms with Crippen molar-refractivity contribution in [3.05, 3.63) is 63.5 Å². The van der Waals surface area contributed by atoms with Crippen molar-refractivity contribution in [3.63, 3.8) is 0 Å². The van der Waals surface area contributed by atoms with E-state index in [1.165, 1.54) is 23.5 Å². The molecule has 27 heavy (non-hydrogen) atoms. The molecule has 0 fully saturated rings. The molecule has 0 atom stereocenters. The number of nitrogens with zero attached hydrogens (tertiary/aromatic N) is 2. The van der Waals surface area contributed by atoms with Gasteiger partial charge in [0.1, 0.15) is 0 Å². The summed E-state index contributed by atoms with van der Waals surface area (Å²) in [5, 5.41) is 0. The molecule has 3 aromatic rings. The van der Waals surface area contributed by atoms with E-state index in [0.29, 0.717) is 4.80 Å². The summed E-state index contributed by atoms with van der Waals surface area (Å²) in [6.45, 7) is 4.15. The van der Waals surface area contributed by atoms with Gasteiger partial charge < -0.3 is 4.57 Å². The summed E-state index contributed by atoms with van der Waals surface area (Å²) in [6, 6.07) is 8.18. The highest BCUT2D eigenvalue weighted by molar-refractivity contribution is 7.16. The lowest BCUT2D eigenvalue weighted by Crippen LogP contribution is -2.16. The maximum absolute atomic E-state index is 12.9. The summed E-state index contributed by atoms with van der Waals surface area (Å²) < 4.78 is 41.2. The molecule has 1 heterocycles. The number of thiazole rings is 1. The van der Waals surface area contributed by atoms with Crippen molar-refractivity contribution < 1.29 is 18.0 Å². The van der Waals surface area contributed by atoms with Crippen LogP contribution in [0.4, 0.5) is 13.2 Å². The van der Waals surface area contributed by atoms with Gasteiger partial charge >= 0.3 is 6.18 Å². The third-order valence-electron chi connectivity index (χ3n) is 4.18. The molecule has 0 bridgehead atoms. The van der Waals surface area contributed by atoms with Gasteiger partial charge in [-0.3, -0.25) is 4.79 Å². The summed E-state index contributed by atoms with van der Waals surface area (Å²) >= 11 is 1.28. The first kappa shape index (κ1) is 18.9. The standard InChI is InChI=1S/C20H15F3N2OS/c1-4-8-25-16-9-12(2)13(3)10-17(16)27-19(25)24-18(26)14-6-5-7-15(11-14)20(21,22)23/h1,5-7,9-11H,8H2,2-3H3. The lowest BCUT2D eigenvalue weighted by molar-refractivity contribution is -0.137. The molecule has 1 aromatic heterocycles. The topological polar surface area (TPSA) is 34.4 Å². The van der Waals surface area contributed by atoms with Gasteiger partial charge in [0.2, 0.25) is 0 Å². The maximum Gasteiger partial charge on any atom is 0.416 e. The Kier molecular flexibility index (Phi) is 4.94. The largest absolute Gasteiger partial charge is 0.416 e. The van der Waals surface area contributed by atoms with Crippen LogP contribution < -0.4 is 4.80 Å². The summed E-state index contributed by atoms with van der Waals surface area (Å²) in [5.41, 5.74) is 2.00. The van der Waals surface area contributed by atoms with E-state index in [0.717, 1.165) is 33.5 Å². The van der Waals surface area contributed by atoms with Crippen LogP contribution in [0.3, 0.4) is 0 Å². The van der Waals surface area contributed by atoms with Crippen molar-refractivity contribution in [1.82, 2.24) is 4.57 Å². The molecule has 0 spiro atoms. The lowest BCUT2D eigenvalue weighted by Gasteiger charge is -2.06. The minimum absolute atomic E-state index is 0.123. The highest BCUT2D eigenvalue weighted by Crippen LogP contribution is 2.29. The van der Waals surface area contributed by atoms with Crippen LogP contribution in [-0.4, -0.2) is 10.5 Å². The number of halogens is 3. The summed E-state index contributed by atoms with van der Waals surface area (Å²) in [6.07, 6.45) is 0.918. The summed E-state index contributed by atoms with van der Waals surface area (Å²) in [5.74, 6) is 1.78.